The molecule has 0 aliphatic carbocycles. The third kappa shape index (κ3) is 9.10. The fourth-order valence-electron chi connectivity index (χ4n) is 2.96. The summed E-state index contributed by atoms with van der Waals surface area (Å²) in [5.41, 5.74) is -3.84. The van der Waals surface area contributed by atoms with E-state index in [9.17, 15) is 69.6 Å². The first-order valence-electron chi connectivity index (χ1n) is 9.36. The van der Waals surface area contributed by atoms with Crippen LogP contribution in [0.25, 0.3) is 22.3 Å². The zero-order valence-corrected chi connectivity index (χ0v) is 23.0. The number of hydrogen-bond donors (Lipinski definition) is 0. The zero-order valence-electron chi connectivity index (χ0n) is 18.9. The summed E-state index contributed by atoms with van der Waals surface area (Å²) in [6, 6.07) is 1.72. The second-order valence-electron chi connectivity index (χ2n) is 7.00. The lowest BCUT2D eigenvalue weighted by atomic mass is 10.1. The van der Waals surface area contributed by atoms with E-state index in [1.807, 2.05) is 0 Å². The SMILES string of the molecule is O=c1c(OS(=O)(=O)[O-])c(-c2ccc(OS(=O)(=O)[O-])c(OS(=O)(=O)[O-])c2)oc2cc(OS(=O)(=O)[O-])cc(OS(=O)(=O)[O-])c12. The van der Waals surface area contributed by atoms with Crippen LogP contribution in [0.3, 0.4) is 0 Å². The molecule has 0 aliphatic heterocycles. The Labute approximate surface area is 233 Å². The Morgan fingerprint density at radius 3 is 1.52 bits per heavy atom. The molecule has 1 heterocycles. The summed E-state index contributed by atoms with van der Waals surface area (Å²) in [5.74, 6) is -8.31. The molecule has 0 spiro atoms. The average Bonchev–Trinajstić information content (AvgIpc) is 2.71. The fourth-order valence-corrected chi connectivity index (χ4v) is 4.70. The van der Waals surface area contributed by atoms with Crippen molar-refractivity contribution in [2.75, 3.05) is 0 Å². The molecule has 0 saturated carbocycles. The predicted octanol–water partition coefficient (Wildman–Crippen LogP) is -2.34. The van der Waals surface area contributed by atoms with E-state index in [1.165, 1.54) is 0 Å². The molecule has 0 radical (unpaired) electrons. The highest BCUT2D eigenvalue weighted by atomic mass is 32.3. The minimum atomic E-state index is -5.95. The maximum absolute atomic E-state index is 13.2. The van der Waals surface area contributed by atoms with Crippen LogP contribution in [0.15, 0.2) is 39.5 Å². The van der Waals surface area contributed by atoms with Gasteiger partial charge >= 0.3 is 0 Å². The molecule has 1 aromatic heterocycles. The molecule has 2 aromatic carbocycles. The van der Waals surface area contributed by atoms with Gasteiger partial charge in [0.25, 0.3) is 52.0 Å². The van der Waals surface area contributed by atoms with E-state index in [1.54, 1.807) is 0 Å². The van der Waals surface area contributed by atoms with Crippen molar-refractivity contribution in [1.82, 2.24) is 0 Å². The van der Waals surface area contributed by atoms with Gasteiger partial charge < -0.3 is 48.1 Å². The second-order valence-corrected chi connectivity index (χ2v) is 11.9. The first kappa shape index (κ1) is 32.7. The monoisotopic (exact) mass is 697 g/mol. The molecule has 0 fully saturated rings. The number of hydrogen-bond acceptors (Lipinski definition) is 22. The van der Waals surface area contributed by atoms with Gasteiger partial charge in [0, 0.05) is 17.7 Å². The largest absolute Gasteiger partial charge is 0.716 e. The summed E-state index contributed by atoms with van der Waals surface area (Å²) in [6.45, 7) is 0. The first-order chi connectivity index (χ1) is 18.8. The summed E-state index contributed by atoms with van der Waals surface area (Å²) >= 11 is 0. The van der Waals surface area contributed by atoms with Gasteiger partial charge in [-0.2, -0.15) is 0 Å². The molecule has 42 heavy (non-hydrogen) atoms. The maximum atomic E-state index is 13.2. The van der Waals surface area contributed by atoms with E-state index >= 15 is 0 Å². The molecule has 3 rings (SSSR count). The van der Waals surface area contributed by atoms with Crippen LogP contribution in [0.5, 0.6) is 28.7 Å². The quantitative estimate of drug-likeness (QED) is 0.149. The van der Waals surface area contributed by atoms with Gasteiger partial charge in [0.1, 0.15) is 16.7 Å². The minimum absolute atomic E-state index is 0.167. The Balaban J connectivity index is 2.49. The minimum Gasteiger partial charge on any atom is -0.716 e. The topological polar surface area (TPSA) is 362 Å². The highest BCUT2D eigenvalue weighted by Gasteiger charge is 2.26. The van der Waals surface area contributed by atoms with Crippen LogP contribution in [-0.4, -0.2) is 64.9 Å². The van der Waals surface area contributed by atoms with Gasteiger partial charge in [-0.15, -0.1) is 0 Å². The van der Waals surface area contributed by atoms with Gasteiger partial charge in [-0.05, 0) is 18.2 Å². The Morgan fingerprint density at radius 1 is 0.548 bits per heavy atom. The molecule has 0 aliphatic rings. The molecule has 27 heteroatoms. The number of benzene rings is 2. The molecular weight excluding hydrogens is 692 g/mol. The van der Waals surface area contributed by atoms with E-state index < -0.39 is 108 Å². The van der Waals surface area contributed by atoms with Gasteiger partial charge in [0.2, 0.25) is 11.2 Å². The van der Waals surface area contributed by atoms with Crippen LogP contribution in [-0.2, 0) is 52.0 Å². The van der Waals surface area contributed by atoms with E-state index in [0.29, 0.717) is 18.2 Å². The van der Waals surface area contributed by atoms with Crippen molar-refractivity contribution in [2.45, 2.75) is 0 Å². The smallest absolute Gasteiger partial charge is 0.262 e. The van der Waals surface area contributed by atoms with E-state index in [4.69, 9.17) is 4.42 Å². The van der Waals surface area contributed by atoms with Crippen molar-refractivity contribution in [3.8, 4) is 40.1 Å². The van der Waals surface area contributed by atoms with Gasteiger partial charge in [0.15, 0.2) is 23.0 Å². The van der Waals surface area contributed by atoms with Gasteiger partial charge in [-0.25, -0.2) is 42.1 Å². The Kier molecular flexibility index (Phi) is 8.41. The fraction of sp³-hybridized carbons (Fsp3) is 0. The highest BCUT2D eigenvalue weighted by molar-refractivity contribution is 7.82. The summed E-state index contributed by atoms with van der Waals surface area (Å²) in [4.78, 5) is 13.2. The van der Waals surface area contributed by atoms with Gasteiger partial charge in [-0.3, -0.25) is 4.79 Å². The molecule has 0 unspecified atom stereocenters. The summed E-state index contributed by atoms with van der Waals surface area (Å²) in [5, 5.41) is -1.26. The Morgan fingerprint density at radius 2 is 1.02 bits per heavy atom. The summed E-state index contributed by atoms with van der Waals surface area (Å²) in [6.07, 6.45) is 0. The van der Waals surface area contributed by atoms with Crippen LogP contribution < -0.4 is 26.3 Å². The van der Waals surface area contributed by atoms with Crippen molar-refractivity contribution < 1.29 is 90.2 Å². The number of fused-ring (bicyclic) bond motifs is 1. The van der Waals surface area contributed by atoms with Crippen LogP contribution in [0.2, 0.25) is 0 Å². The van der Waals surface area contributed by atoms with Crippen LogP contribution in [0, 0.1) is 0 Å². The van der Waals surface area contributed by atoms with Crippen molar-refractivity contribution in [2.24, 2.45) is 0 Å². The summed E-state index contributed by atoms with van der Waals surface area (Å²) in [7, 11) is -28.9. The molecule has 0 bridgehead atoms. The average molecular weight is 698 g/mol. The van der Waals surface area contributed by atoms with Crippen molar-refractivity contribution in [3.05, 3.63) is 40.6 Å². The second kappa shape index (κ2) is 10.8. The number of rotatable bonds is 11. The summed E-state index contributed by atoms with van der Waals surface area (Å²) < 4.78 is 192. The van der Waals surface area contributed by atoms with Gasteiger partial charge in [-0.1, -0.05) is 0 Å². The Hall–Kier alpha value is -3.80. The lowest BCUT2D eigenvalue weighted by molar-refractivity contribution is 0.348. The van der Waals surface area contributed by atoms with Gasteiger partial charge in [0.05, 0.1) is 0 Å². The van der Waals surface area contributed by atoms with Crippen molar-refractivity contribution >= 4 is 63.0 Å². The molecule has 3 aromatic rings. The molecule has 0 N–H and O–H groups in total. The lowest BCUT2D eigenvalue weighted by Gasteiger charge is -2.18. The van der Waals surface area contributed by atoms with Crippen molar-refractivity contribution in [3.63, 3.8) is 0 Å². The first-order valence-corrected chi connectivity index (χ1v) is 16.0. The molecular formula is C15H5O22S5-5. The van der Waals surface area contributed by atoms with Crippen LogP contribution >= 0.6 is 0 Å². The normalized spacial score (nSPS) is 13.0. The maximum Gasteiger partial charge on any atom is 0.262 e. The van der Waals surface area contributed by atoms with Crippen molar-refractivity contribution in [1.29, 1.82) is 0 Å². The van der Waals surface area contributed by atoms with E-state index in [0.717, 1.165) is 0 Å². The highest BCUT2D eigenvalue weighted by Crippen LogP contribution is 2.40. The van der Waals surface area contributed by atoms with Crippen LogP contribution in [0.1, 0.15) is 0 Å². The molecule has 22 nitrogen and oxygen atoms in total. The standard InChI is InChI=1S/C15H10O22S5/c16-13-12-10(4-7(33-38(17,18)19)5-11(12)36-41(26,27)28)32-14(15(13)37-42(29,30)31)6-1-2-8(34-39(20,21)22)9(3-6)35-40(23,24)25/h1-5H,(H,17,18,19)(H,20,21,22)(H,23,24,25)(H,26,27,28)(H,29,30,31)/p-5. The molecule has 0 saturated heterocycles. The van der Waals surface area contributed by atoms with Crippen LogP contribution in [0.4, 0.5) is 0 Å². The third-order valence-corrected chi connectivity index (χ3v) is 5.97. The lowest BCUT2D eigenvalue weighted by Crippen LogP contribution is -2.17. The van der Waals surface area contributed by atoms with E-state index in [-0.39, 0.29) is 12.1 Å². The predicted molar refractivity (Wildman–Crippen MR) is 120 cm³/mol. The van der Waals surface area contributed by atoms with E-state index in [2.05, 4.69) is 20.9 Å². The molecule has 0 amide bonds. The Bertz CT molecular complexity index is 2190. The zero-order chi connectivity index (χ0) is 32.1. The third-order valence-electron chi connectivity index (χ3n) is 4.06. The molecule has 0 atom stereocenters. The molecule has 232 valence electrons.